The van der Waals surface area contributed by atoms with Crippen LogP contribution < -0.4 is 0 Å². The molecule has 20 heavy (non-hydrogen) atoms. The van der Waals surface area contributed by atoms with Gasteiger partial charge in [0.05, 0.1) is 11.5 Å². The van der Waals surface area contributed by atoms with Gasteiger partial charge in [0.15, 0.2) is 0 Å². The van der Waals surface area contributed by atoms with Crippen molar-refractivity contribution in [1.29, 1.82) is 0 Å². The van der Waals surface area contributed by atoms with E-state index in [4.69, 9.17) is 11.6 Å². The van der Waals surface area contributed by atoms with Gasteiger partial charge in [0, 0.05) is 17.1 Å². The van der Waals surface area contributed by atoms with E-state index >= 15 is 0 Å². The number of hydrogen-bond acceptors (Lipinski definition) is 3. The number of carbonyl (C=O) groups excluding carboxylic acids is 1. The Kier molecular flexibility index (Phi) is 3.09. The second-order valence-electron chi connectivity index (χ2n) is 5.35. The van der Waals surface area contributed by atoms with Crippen molar-refractivity contribution in [3.63, 3.8) is 0 Å². The van der Waals surface area contributed by atoms with E-state index in [1.807, 2.05) is 0 Å². The summed E-state index contributed by atoms with van der Waals surface area (Å²) < 4.78 is 0. The molecule has 3 unspecified atom stereocenters. The molecule has 0 spiro atoms. The Bertz CT molecular complexity index is 589. The summed E-state index contributed by atoms with van der Waals surface area (Å²) in [6.45, 7) is 0. The lowest BCUT2D eigenvalue weighted by atomic mass is 9.89. The molecule has 0 aromatic heterocycles. The van der Waals surface area contributed by atoms with Gasteiger partial charge < -0.3 is 15.1 Å². The third-order valence-corrected chi connectivity index (χ3v) is 4.51. The van der Waals surface area contributed by atoms with Crippen LogP contribution in [0.1, 0.15) is 29.6 Å². The first-order valence-electron chi connectivity index (χ1n) is 6.53. The third kappa shape index (κ3) is 1.93. The number of rotatable bonds is 2. The monoisotopic (exact) mass is 295 g/mol. The molecule has 5 nitrogen and oxygen atoms in total. The van der Waals surface area contributed by atoms with Crippen molar-refractivity contribution in [2.45, 2.75) is 31.3 Å². The zero-order chi connectivity index (χ0) is 14.4. The molecule has 6 heteroatoms. The van der Waals surface area contributed by atoms with E-state index in [1.54, 1.807) is 4.90 Å². The smallest absolute Gasteiger partial charge is 0.308 e. The number of carboxylic acids is 1. The maximum Gasteiger partial charge on any atom is 0.308 e. The molecule has 2 fully saturated rings. The molecule has 1 amide bonds. The van der Waals surface area contributed by atoms with Crippen LogP contribution >= 0.6 is 11.6 Å². The van der Waals surface area contributed by atoms with Crippen LogP contribution in [-0.4, -0.2) is 39.1 Å². The summed E-state index contributed by atoms with van der Waals surface area (Å²) in [6, 6.07) is 3.98. The van der Waals surface area contributed by atoms with Gasteiger partial charge in [-0.1, -0.05) is 11.6 Å². The van der Waals surface area contributed by atoms with E-state index < -0.39 is 11.9 Å². The summed E-state index contributed by atoms with van der Waals surface area (Å²) in [5.41, 5.74) is 0.139. The molecular formula is C14H14ClNO4. The van der Waals surface area contributed by atoms with Gasteiger partial charge in [-0.15, -0.1) is 0 Å². The first-order valence-corrected chi connectivity index (χ1v) is 6.91. The van der Waals surface area contributed by atoms with Gasteiger partial charge in [-0.3, -0.25) is 9.59 Å². The van der Waals surface area contributed by atoms with Crippen molar-refractivity contribution in [3.05, 3.63) is 28.8 Å². The molecule has 1 aromatic rings. The summed E-state index contributed by atoms with van der Waals surface area (Å²) in [5, 5.41) is 19.4. The Labute approximate surface area is 120 Å². The second-order valence-corrected chi connectivity index (χ2v) is 5.79. The molecule has 0 aliphatic carbocycles. The van der Waals surface area contributed by atoms with E-state index in [-0.39, 0.29) is 29.3 Å². The lowest BCUT2D eigenvalue weighted by Crippen LogP contribution is -2.37. The van der Waals surface area contributed by atoms with E-state index in [2.05, 4.69) is 0 Å². The van der Waals surface area contributed by atoms with E-state index in [0.717, 1.165) is 6.42 Å². The number of phenolic OH excluding ortho intramolecular Hbond substituents is 1. The predicted octanol–water partition coefficient (Wildman–Crippen LogP) is 2.12. The normalized spacial score (nSPS) is 27.9. The Hall–Kier alpha value is -1.75. The largest absolute Gasteiger partial charge is 0.507 e. The number of nitrogens with zero attached hydrogens (tertiary/aromatic N) is 1. The summed E-state index contributed by atoms with van der Waals surface area (Å²) in [6.07, 6.45) is 2.02. The van der Waals surface area contributed by atoms with Crippen LogP contribution in [0.3, 0.4) is 0 Å². The number of amides is 1. The molecular weight excluding hydrogens is 282 g/mol. The number of phenols is 1. The topological polar surface area (TPSA) is 77.8 Å². The Morgan fingerprint density at radius 2 is 2.05 bits per heavy atom. The zero-order valence-corrected chi connectivity index (χ0v) is 11.4. The molecule has 3 atom stereocenters. The van der Waals surface area contributed by atoms with Crippen LogP contribution in [0.2, 0.25) is 5.02 Å². The molecule has 2 aliphatic heterocycles. The number of carbonyl (C=O) groups is 2. The SMILES string of the molecule is O=C(O)C1CC2CCC1N2C(=O)c1cc(Cl)ccc1O. The highest BCUT2D eigenvalue weighted by molar-refractivity contribution is 6.31. The third-order valence-electron chi connectivity index (χ3n) is 4.28. The molecule has 2 heterocycles. The summed E-state index contributed by atoms with van der Waals surface area (Å²) in [4.78, 5) is 25.4. The van der Waals surface area contributed by atoms with Gasteiger partial charge in [-0.05, 0) is 37.5 Å². The molecule has 2 saturated heterocycles. The number of aliphatic carboxylic acids is 1. The van der Waals surface area contributed by atoms with Crippen molar-refractivity contribution >= 4 is 23.5 Å². The van der Waals surface area contributed by atoms with Gasteiger partial charge in [-0.25, -0.2) is 0 Å². The minimum atomic E-state index is -0.856. The van der Waals surface area contributed by atoms with E-state index in [1.165, 1.54) is 18.2 Å². The fourth-order valence-corrected chi connectivity index (χ4v) is 3.56. The predicted molar refractivity (Wildman–Crippen MR) is 71.8 cm³/mol. The summed E-state index contributed by atoms with van der Waals surface area (Å²) in [7, 11) is 0. The Balaban J connectivity index is 1.92. The number of aromatic hydroxyl groups is 1. The maximum absolute atomic E-state index is 12.6. The summed E-state index contributed by atoms with van der Waals surface area (Å²) >= 11 is 5.86. The highest BCUT2D eigenvalue weighted by Gasteiger charge is 2.51. The van der Waals surface area contributed by atoms with Crippen molar-refractivity contribution in [2.24, 2.45) is 5.92 Å². The fraction of sp³-hybridized carbons (Fsp3) is 0.429. The van der Waals surface area contributed by atoms with Gasteiger partial charge in [-0.2, -0.15) is 0 Å². The standard InChI is InChI=1S/C14H14ClNO4/c15-7-1-4-12(17)10(5-7)13(18)16-8-2-3-11(16)9(6-8)14(19)20/h1,4-5,8-9,11,17H,2-3,6H2,(H,19,20). The average molecular weight is 296 g/mol. The number of carboxylic acid groups (broad SMARTS) is 1. The first kappa shape index (κ1) is 13.2. The number of halogens is 1. The van der Waals surface area contributed by atoms with Crippen LogP contribution in [0.25, 0.3) is 0 Å². The van der Waals surface area contributed by atoms with Crippen LogP contribution in [0.4, 0.5) is 0 Å². The fourth-order valence-electron chi connectivity index (χ4n) is 3.39. The van der Waals surface area contributed by atoms with Gasteiger partial charge in [0.1, 0.15) is 5.75 Å². The Morgan fingerprint density at radius 3 is 2.70 bits per heavy atom. The van der Waals surface area contributed by atoms with Crippen LogP contribution in [-0.2, 0) is 4.79 Å². The average Bonchev–Trinajstić information content (AvgIpc) is 2.98. The number of fused-ring (bicyclic) bond motifs is 2. The molecule has 1 aromatic carbocycles. The van der Waals surface area contributed by atoms with E-state index in [9.17, 15) is 19.8 Å². The second kappa shape index (κ2) is 4.66. The number of benzene rings is 1. The van der Waals surface area contributed by atoms with Crippen LogP contribution in [0, 0.1) is 5.92 Å². The van der Waals surface area contributed by atoms with E-state index in [0.29, 0.717) is 17.9 Å². The van der Waals surface area contributed by atoms with Gasteiger partial charge in [0.25, 0.3) is 5.91 Å². The number of hydrogen-bond donors (Lipinski definition) is 2. The minimum Gasteiger partial charge on any atom is -0.507 e. The quantitative estimate of drug-likeness (QED) is 0.876. The zero-order valence-electron chi connectivity index (χ0n) is 10.6. The molecule has 106 valence electrons. The van der Waals surface area contributed by atoms with Crippen LogP contribution in [0.15, 0.2) is 18.2 Å². The molecule has 2 N–H and O–H groups in total. The minimum absolute atomic E-state index is 0.0491. The molecule has 0 saturated carbocycles. The van der Waals surface area contributed by atoms with Gasteiger partial charge >= 0.3 is 5.97 Å². The molecule has 3 rings (SSSR count). The van der Waals surface area contributed by atoms with Gasteiger partial charge in [0.2, 0.25) is 0 Å². The highest BCUT2D eigenvalue weighted by Crippen LogP contribution is 2.43. The lowest BCUT2D eigenvalue weighted by Gasteiger charge is -2.23. The lowest BCUT2D eigenvalue weighted by molar-refractivity contribution is -0.142. The molecule has 2 bridgehead atoms. The first-order chi connectivity index (χ1) is 9.49. The van der Waals surface area contributed by atoms with Crippen molar-refractivity contribution in [3.8, 4) is 5.75 Å². The van der Waals surface area contributed by atoms with Crippen molar-refractivity contribution in [1.82, 2.24) is 4.90 Å². The summed E-state index contributed by atoms with van der Waals surface area (Å²) in [5.74, 6) is -1.82. The van der Waals surface area contributed by atoms with Crippen molar-refractivity contribution < 1.29 is 19.8 Å². The van der Waals surface area contributed by atoms with Crippen LogP contribution in [0.5, 0.6) is 5.75 Å². The Morgan fingerprint density at radius 1 is 1.30 bits per heavy atom. The molecule has 0 radical (unpaired) electrons. The highest BCUT2D eigenvalue weighted by atomic mass is 35.5. The van der Waals surface area contributed by atoms with Crippen molar-refractivity contribution in [2.75, 3.05) is 0 Å². The molecule has 2 aliphatic rings. The maximum atomic E-state index is 12.6.